The van der Waals surface area contributed by atoms with Crippen LogP contribution in [0.15, 0.2) is 54.2 Å². The molecule has 0 saturated heterocycles. The molecule has 2 aromatic rings. The largest absolute Gasteiger partial charge is 0.352 e. The number of hydrogen-bond donors (Lipinski definition) is 2. The number of hydrogen-bond acceptors (Lipinski definition) is 3. The van der Waals surface area contributed by atoms with Crippen LogP contribution in [0.2, 0.25) is 0 Å². The lowest BCUT2D eigenvalue weighted by molar-refractivity contribution is -0.119. The fourth-order valence-corrected chi connectivity index (χ4v) is 3.35. The first-order chi connectivity index (χ1) is 13.5. The lowest BCUT2D eigenvalue weighted by Gasteiger charge is -2.21. The van der Waals surface area contributed by atoms with Crippen molar-refractivity contribution in [1.29, 1.82) is 0 Å². The van der Waals surface area contributed by atoms with Crippen molar-refractivity contribution >= 4 is 11.8 Å². The van der Waals surface area contributed by atoms with E-state index in [0.717, 1.165) is 29.7 Å². The number of pyridine rings is 1. The highest BCUT2D eigenvalue weighted by molar-refractivity contribution is 5.95. The summed E-state index contributed by atoms with van der Waals surface area (Å²) in [4.78, 5) is 28.0. The Morgan fingerprint density at radius 3 is 2.50 bits per heavy atom. The number of rotatable bonds is 6. The SMILES string of the molecule is CC(=O)NCc1ccc(-c2ccc(C(=O)N[C@@H](C)C3=CCCCC3)cc2)nc1. The molecule has 0 bridgehead atoms. The van der Waals surface area contributed by atoms with Crippen molar-refractivity contribution in [2.24, 2.45) is 0 Å². The zero-order chi connectivity index (χ0) is 19.9. The monoisotopic (exact) mass is 377 g/mol. The second-order valence-electron chi connectivity index (χ2n) is 7.26. The van der Waals surface area contributed by atoms with Crippen LogP contribution in [-0.2, 0) is 11.3 Å². The summed E-state index contributed by atoms with van der Waals surface area (Å²) in [7, 11) is 0. The van der Waals surface area contributed by atoms with Gasteiger partial charge in [0.05, 0.1) is 5.69 Å². The average Bonchev–Trinajstić information content (AvgIpc) is 2.73. The Balaban J connectivity index is 1.61. The van der Waals surface area contributed by atoms with Gasteiger partial charge in [-0.1, -0.05) is 29.8 Å². The Hall–Kier alpha value is -2.95. The summed E-state index contributed by atoms with van der Waals surface area (Å²) in [6, 6.07) is 11.4. The molecule has 1 aliphatic carbocycles. The van der Waals surface area contributed by atoms with E-state index in [9.17, 15) is 9.59 Å². The molecule has 146 valence electrons. The summed E-state index contributed by atoms with van der Waals surface area (Å²) in [5.41, 5.74) is 4.71. The van der Waals surface area contributed by atoms with Gasteiger partial charge in [-0.2, -0.15) is 0 Å². The van der Waals surface area contributed by atoms with Crippen LogP contribution >= 0.6 is 0 Å². The van der Waals surface area contributed by atoms with Gasteiger partial charge in [-0.3, -0.25) is 14.6 Å². The smallest absolute Gasteiger partial charge is 0.251 e. The van der Waals surface area contributed by atoms with Crippen molar-refractivity contribution in [2.45, 2.75) is 52.1 Å². The van der Waals surface area contributed by atoms with Crippen LogP contribution in [-0.4, -0.2) is 22.8 Å². The van der Waals surface area contributed by atoms with E-state index in [4.69, 9.17) is 0 Å². The molecule has 2 N–H and O–H groups in total. The standard InChI is InChI=1S/C23H27N3O2/c1-16(19-6-4-3-5-7-19)26-23(28)21-11-9-20(10-12-21)22-13-8-18(15-25-22)14-24-17(2)27/h6,8-13,15-16H,3-5,7,14H2,1-2H3,(H,24,27)(H,26,28)/t16-/m0/s1. The van der Waals surface area contributed by atoms with Gasteiger partial charge in [-0.15, -0.1) is 0 Å². The minimum Gasteiger partial charge on any atom is -0.352 e. The first-order valence-corrected chi connectivity index (χ1v) is 9.82. The Morgan fingerprint density at radius 2 is 1.89 bits per heavy atom. The molecule has 0 saturated carbocycles. The molecule has 0 fully saturated rings. The molecule has 2 amide bonds. The molecule has 28 heavy (non-hydrogen) atoms. The molecular formula is C23H27N3O2. The van der Waals surface area contributed by atoms with Crippen LogP contribution in [0.4, 0.5) is 0 Å². The van der Waals surface area contributed by atoms with Gasteiger partial charge >= 0.3 is 0 Å². The van der Waals surface area contributed by atoms with Crippen molar-refractivity contribution in [3.8, 4) is 11.3 Å². The van der Waals surface area contributed by atoms with E-state index in [2.05, 4.69) is 28.6 Å². The van der Waals surface area contributed by atoms with Crippen molar-refractivity contribution in [3.63, 3.8) is 0 Å². The van der Waals surface area contributed by atoms with Gasteiger partial charge in [0.2, 0.25) is 5.91 Å². The van der Waals surface area contributed by atoms with Gasteiger partial charge in [0.15, 0.2) is 0 Å². The first kappa shape index (κ1) is 19.8. The lowest BCUT2D eigenvalue weighted by atomic mass is 9.94. The molecule has 0 unspecified atom stereocenters. The van der Waals surface area contributed by atoms with E-state index < -0.39 is 0 Å². The van der Waals surface area contributed by atoms with Gasteiger partial charge in [-0.25, -0.2) is 0 Å². The van der Waals surface area contributed by atoms with E-state index >= 15 is 0 Å². The second kappa shape index (κ2) is 9.31. The third-order valence-corrected chi connectivity index (χ3v) is 5.04. The molecular weight excluding hydrogens is 350 g/mol. The van der Waals surface area contributed by atoms with Gasteiger partial charge < -0.3 is 10.6 Å². The maximum Gasteiger partial charge on any atom is 0.251 e. The predicted octanol–water partition coefficient (Wildman–Crippen LogP) is 4.00. The quantitative estimate of drug-likeness (QED) is 0.748. The van der Waals surface area contributed by atoms with Crippen molar-refractivity contribution in [2.75, 3.05) is 0 Å². The summed E-state index contributed by atoms with van der Waals surface area (Å²) in [5, 5.41) is 5.85. The van der Waals surface area contributed by atoms with Gasteiger partial charge in [-0.05, 0) is 56.4 Å². The molecule has 5 nitrogen and oxygen atoms in total. The molecule has 1 atom stereocenters. The van der Waals surface area contributed by atoms with E-state index in [0.29, 0.717) is 12.1 Å². The molecule has 1 aliphatic rings. The van der Waals surface area contributed by atoms with Crippen LogP contribution in [0.5, 0.6) is 0 Å². The molecule has 5 heteroatoms. The summed E-state index contributed by atoms with van der Waals surface area (Å²) in [6.45, 7) is 4.01. The molecule has 1 heterocycles. The van der Waals surface area contributed by atoms with Crippen LogP contribution in [0.1, 0.15) is 55.5 Å². The molecule has 3 rings (SSSR count). The highest BCUT2D eigenvalue weighted by Gasteiger charge is 2.15. The van der Waals surface area contributed by atoms with Gasteiger partial charge in [0.1, 0.15) is 0 Å². The Bertz CT molecular complexity index is 854. The lowest BCUT2D eigenvalue weighted by Crippen LogP contribution is -2.34. The van der Waals surface area contributed by atoms with Crippen molar-refractivity contribution < 1.29 is 9.59 Å². The number of amides is 2. The minimum atomic E-state index is -0.0629. The molecule has 0 radical (unpaired) electrons. The number of carbonyl (C=O) groups excluding carboxylic acids is 2. The highest BCUT2D eigenvalue weighted by atomic mass is 16.2. The Labute approximate surface area is 166 Å². The minimum absolute atomic E-state index is 0.0517. The number of carbonyl (C=O) groups is 2. The van der Waals surface area contributed by atoms with Crippen LogP contribution < -0.4 is 10.6 Å². The summed E-state index contributed by atoms with van der Waals surface area (Å²) in [5.74, 6) is -0.115. The van der Waals surface area contributed by atoms with E-state index in [1.165, 1.54) is 25.3 Å². The zero-order valence-electron chi connectivity index (χ0n) is 16.5. The molecule has 0 aliphatic heterocycles. The highest BCUT2D eigenvalue weighted by Crippen LogP contribution is 2.21. The molecule has 0 spiro atoms. The van der Waals surface area contributed by atoms with Crippen LogP contribution in [0, 0.1) is 0 Å². The van der Waals surface area contributed by atoms with Crippen LogP contribution in [0.25, 0.3) is 11.3 Å². The zero-order valence-corrected chi connectivity index (χ0v) is 16.5. The summed E-state index contributed by atoms with van der Waals surface area (Å²) >= 11 is 0. The number of nitrogens with one attached hydrogen (secondary N) is 2. The average molecular weight is 377 g/mol. The molecule has 1 aromatic heterocycles. The Kier molecular flexibility index (Phi) is 6.58. The fraction of sp³-hybridized carbons (Fsp3) is 0.348. The maximum atomic E-state index is 12.5. The number of benzene rings is 1. The predicted molar refractivity (Wildman–Crippen MR) is 111 cm³/mol. The third kappa shape index (κ3) is 5.28. The van der Waals surface area contributed by atoms with Gasteiger partial charge in [0, 0.05) is 36.8 Å². The van der Waals surface area contributed by atoms with Crippen LogP contribution in [0.3, 0.4) is 0 Å². The number of nitrogens with zero attached hydrogens (tertiary/aromatic N) is 1. The molecule has 1 aromatic carbocycles. The van der Waals surface area contributed by atoms with E-state index in [1.807, 2.05) is 36.4 Å². The topological polar surface area (TPSA) is 71.1 Å². The van der Waals surface area contributed by atoms with E-state index in [-0.39, 0.29) is 17.9 Å². The third-order valence-electron chi connectivity index (χ3n) is 5.04. The number of aromatic nitrogens is 1. The summed E-state index contributed by atoms with van der Waals surface area (Å²) in [6.07, 6.45) is 8.65. The summed E-state index contributed by atoms with van der Waals surface area (Å²) < 4.78 is 0. The van der Waals surface area contributed by atoms with Crippen molar-refractivity contribution in [3.05, 3.63) is 65.4 Å². The second-order valence-corrected chi connectivity index (χ2v) is 7.26. The van der Waals surface area contributed by atoms with E-state index in [1.54, 1.807) is 6.20 Å². The Morgan fingerprint density at radius 1 is 1.11 bits per heavy atom. The van der Waals surface area contributed by atoms with Gasteiger partial charge in [0.25, 0.3) is 5.91 Å². The maximum absolute atomic E-state index is 12.5. The van der Waals surface area contributed by atoms with Crippen molar-refractivity contribution in [1.82, 2.24) is 15.6 Å². The first-order valence-electron chi connectivity index (χ1n) is 9.82. The fourth-order valence-electron chi connectivity index (χ4n) is 3.35. The number of allylic oxidation sites excluding steroid dienone is 1. The normalized spacial score (nSPS) is 14.7.